The van der Waals surface area contributed by atoms with E-state index in [-0.39, 0.29) is 71.9 Å². The molecule has 0 bridgehead atoms. The molecule has 2 amide bonds. The van der Waals surface area contributed by atoms with Crippen LogP contribution in [0.1, 0.15) is 20.8 Å². The zero-order valence-corrected chi connectivity index (χ0v) is 38.7. The molecule has 0 spiro atoms. The Hall–Kier alpha value is -1.90. The number of methoxy groups -OCH3 is 3. The second kappa shape index (κ2) is 45.7. The fraction of sp³-hybridized carbons (Fsp3) is 0.951. The highest BCUT2D eigenvalue weighted by Crippen LogP contribution is 2.21. The number of amides is 2. The van der Waals surface area contributed by atoms with E-state index < -0.39 is 17.1 Å². The monoisotopic (exact) mass is 907 g/mol. The summed E-state index contributed by atoms with van der Waals surface area (Å²) in [6.45, 7) is 16.3. The summed E-state index contributed by atoms with van der Waals surface area (Å²) in [6.07, 6.45) is -0.567. The minimum Gasteiger partial charge on any atom is -0.444 e. The summed E-state index contributed by atoms with van der Waals surface area (Å²) in [7, 11) is 4.87. The minimum atomic E-state index is -0.817. The molecule has 0 aromatic carbocycles. The molecule has 0 unspecified atom stereocenters. The van der Waals surface area contributed by atoms with E-state index in [2.05, 4.69) is 10.6 Å². The maximum Gasteiger partial charge on any atom is 0.407 e. The highest BCUT2D eigenvalue weighted by atomic mass is 16.6. The second-order valence-corrected chi connectivity index (χ2v) is 14.4. The number of ether oxygens (including phenoxy) is 17. The Bertz CT molecular complexity index is 892. The summed E-state index contributed by atoms with van der Waals surface area (Å²) in [5.41, 5.74) is -1.44. The molecule has 0 atom stereocenters. The molecule has 0 aliphatic rings. The van der Waals surface area contributed by atoms with Crippen molar-refractivity contribution in [3.63, 3.8) is 0 Å². The molecule has 370 valence electrons. The van der Waals surface area contributed by atoms with Gasteiger partial charge in [-0.25, -0.2) is 4.79 Å². The van der Waals surface area contributed by atoms with Gasteiger partial charge in [-0.1, -0.05) is 0 Å². The van der Waals surface area contributed by atoms with E-state index in [0.717, 1.165) is 0 Å². The lowest BCUT2D eigenvalue weighted by molar-refractivity contribution is -0.136. The lowest BCUT2D eigenvalue weighted by Crippen LogP contribution is -2.44. The highest BCUT2D eigenvalue weighted by Gasteiger charge is 2.33. The van der Waals surface area contributed by atoms with Gasteiger partial charge in [0.05, 0.1) is 190 Å². The summed E-state index contributed by atoms with van der Waals surface area (Å²) >= 11 is 0. The first-order valence-electron chi connectivity index (χ1n) is 21.4. The van der Waals surface area contributed by atoms with E-state index in [1.807, 2.05) is 0 Å². The smallest absolute Gasteiger partial charge is 0.407 e. The van der Waals surface area contributed by atoms with Crippen LogP contribution in [0, 0.1) is 5.41 Å². The van der Waals surface area contributed by atoms with Crippen LogP contribution in [0.5, 0.6) is 0 Å². The molecule has 0 aliphatic heterocycles. The van der Waals surface area contributed by atoms with E-state index in [1.54, 1.807) is 42.1 Å². The molecular weight excluding hydrogens is 824 g/mol. The Balaban J connectivity index is 5.13. The Kier molecular flexibility index (Phi) is 44.3. The minimum absolute atomic E-state index is 0.0695. The van der Waals surface area contributed by atoms with Crippen molar-refractivity contribution in [2.45, 2.75) is 26.4 Å². The first-order valence-corrected chi connectivity index (χ1v) is 21.4. The second-order valence-electron chi connectivity index (χ2n) is 14.4. The van der Waals surface area contributed by atoms with Gasteiger partial charge in [0.2, 0.25) is 5.91 Å². The van der Waals surface area contributed by atoms with Crippen LogP contribution in [-0.2, 0) is 85.3 Å². The standard InChI is InChI=1S/C41H82N2O19/c1-40(2,3)62-39(45)43-8-7-42-38(44)33-61-37-41(34-58-30-27-55-24-21-52-18-15-49-12-9-46-4,35-59-31-28-56-25-22-53-19-16-50-13-10-47-5)36-60-32-29-57-26-23-54-20-17-51-14-11-48-6/h7-37H2,1-6H3,(H,42,44)(H,43,45). The number of carbonyl (C=O) groups excluding carboxylic acids is 2. The van der Waals surface area contributed by atoms with Crippen molar-refractivity contribution < 1.29 is 90.1 Å². The summed E-state index contributed by atoms with van der Waals surface area (Å²) in [4.78, 5) is 24.6. The normalized spacial score (nSPS) is 12.0. The van der Waals surface area contributed by atoms with Gasteiger partial charge < -0.3 is 91.2 Å². The zero-order chi connectivity index (χ0) is 45.5. The van der Waals surface area contributed by atoms with Crippen LogP contribution in [0.2, 0.25) is 0 Å². The van der Waals surface area contributed by atoms with Crippen molar-refractivity contribution >= 4 is 12.0 Å². The van der Waals surface area contributed by atoms with E-state index in [9.17, 15) is 9.59 Å². The summed E-state index contributed by atoms with van der Waals surface area (Å²) < 4.78 is 94.1. The molecular formula is C41H82N2O19. The van der Waals surface area contributed by atoms with Crippen LogP contribution >= 0.6 is 0 Å². The first kappa shape index (κ1) is 60.1. The van der Waals surface area contributed by atoms with Crippen molar-refractivity contribution in [1.29, 1.82) is 0 Å². The van der Waals surface area contributed by atoms with E-state index in [0.29, 0.717) is 139 Å². The van der Waals surface area contributed by atoms with Crippen LogP contribution in [0.4, 0.5) is 4.79 Å². The Morgan fingerprint density at radius 3 is 0.903 bits per heavy atom. The molecule has 0 aliphatic carbocycles. The molecule has 0 aromatic heterocycles. The third-order valence-electron chi connectivity index (χ3n) is 7.63. The zero-order valence-electron chi connectivity index (χ0n) is 38.7. The molecule has 0 aromatic rings. The summed E-state index contributed by atoms with van der Waals surface area (Å²) in [5.74, 6) is -0.362. The third kappa shape index (κ3) is 44.7. The molecule has 21 heteroatoms. The average molecular weight is 907 g/mol. The van der Waals surface area contributed by atoms with Gasteiger partial charge in [-0.2, -0.15) is 0 Å². The Morgan fingerprint density at radius 1 is 0.355 bits per heavy atom. The molecule has 21 nitrogen and oxygen atoms in total. The fourth-order valence-electron chi connectivity index (χ4n) is 4.61. The predicted octanol–water partition coefficient (Wildman–Crippen LogP) is 0.769. The molecule has 0 heterocycles. The van der Waals surface area contributed by atoms with Crippen molar-refractivity contribution in [3.05, 3.63) is 0 Å². The summed E-state index contributed by atoms with van der Waals surface area (Å²) in [5, 5.41) is 5.34. The lowest BCUT2D eigenvalue weighted by Gasteiger charge is -2.33. The number of hydrogen-bond donors (Lipinski definition) is 2. The lowest BCUT2D eigenvalue weighted by atomic mass is 9.92. The number of alkyl carbamates (subject to hydrolysis) is 1. The topological polar surface area (TPSA) is 215 Å². The molecule has 0 radical (unpaired) electrons. The third-order valence-corrected chi connectivity index (χ3v) is 7.63. The van der Waals surface area contributed by atoms with Crippen LogP contribution in [0.3, 0.4) is 0 Å². The van der Waals surface area contributed by atoms with Crippen LogP contribution in [0.25, 0.3) is 0 Å². The fourth-order valence-corrected chi connectivity index (χ4v) is 4.61. The first-order chi connectivity index (χ1) is 30.2. The van der Waals surface area contributed by atoms with Crippen LogP contribution in [-0.4, -0.2) is 244 Å². The summed E-state index contributed by atoms with van der Waals surface area (Å²) in [6, 6.07) is 0. The maximum atomic E-state index is 12.7. The van der Waals surface area contributed by atoms with Gasteiger partial charge in [0, 0.05) is 34.4 Å². The molecule has 0 saturated heterocycles. The van der Waals surface area contributed by atoms with Gasteiger partial charge in [0.1, 0.15) is 12.2 Å². The van der Waals surface area contributed by atoms with Gasteiger partial charge >= 0.3 is 6.09 Å². The predicted molar refractivity (Wildman–Crippen MR) is 226 cm³/mol. The highest BCUT2D eigenvalue weighted by molar-refractivity contribution is 5.77. The number of rotatable bonds is 49. The maximum absolute atomic E-state index is 12.7. The van der Waals surface area contributed by atoms with Gasteiger partial charge in [-0.15, -0.1) is 0 Å². The number of carbonyl (C=O) groups is 2. The van der Waals surface area contributed by atoms with Gasteiger partial charge in [0.15, 0.2) is 0 Å². The van der Waals surface area contributed by atoms with E-state index in [4.69, 9.17) is 80.5 Å². The van der Waals surface area contributed by atoms with E-state index >= 15 is 0 Å². The van der Waals surface area contributed by atoms with Gasteiger partial charge in [-0.3, -0.25) is 4.79 Å². The van der Waals surface area contributed by atoms with Gasteiger partial charge in [-0.05, 0) is 20.8 Å². The van der Waals surface area contributed by atoms with Gasteiger partial charge in [0.25, 0.3) is 0 Å². The number of hydrogen-bond acceptors (Lipinski definition) is 19. The van der Waals surface area contributed by atoms with Crippen LogP contribution in [0.15, 0.2) is 0 Å². The van der Waals surface area contributed by atoms with E-state index in [1.165, 1.54) is 0 Å². The largest absolute Gasteiger partial charge is 0.444 e. The van der Waals surface area contributed by atoms with Crippen molar-refractivity contribution in [3.8, 4) is 0 Å². The Labute approximate surface area is 370 Å². The molecule has 0 saturated carbocycles. The van der Waals surface area contributed by atoms with Crippen LogP contribution < -0.4 is 10.6 Å². The van der Waals surface area contributed by atoms with Crippen molar-refractivity contribution in [2.75, 3.05) is 226 Å². The quantitative estimate of drug-likeness (QED) is 0.0807. The number of nitrogens with one attached hydrogen (secondary N) is 2. The molecule has 0 rings (SSSR count). The average Bonchev–Trinajstić information content (AvgIpc) is 3.24. The molecule has 0 fully saturated rings. The van der Waals surface area contributed by atoms with Crippen molar-refractivity contribution in [2.24, 2.45) is 5.41 Å². The molecule has 62 heavy (non-hydrogen) atoms. The Morgan fingerprint density at radius 2 is 0.613 bits per heavy atom. The molecule has 2 N–H and O–H groups in total. The SMILES string of the molecule is COCCOCCOCCOCCOCC(COCCOCCOCCOCCOC)(COCCOCCOCCOCCOC)COCC(=O)NCCNC(=O)OC(C)(C)C. The van der Waals surface area contributed by atoms with Crippen molar-refractivity contribution in [1.82, 2.24) is 10.6 Å².